The molecule has 0 bridgehead atoms. The van der Waals surface area contributed by atoms with Crippen LogP contribution in [0.25, 0.3) is 11.4 Å². The zero-order valence-corrected chi connectivity index (χ0v) is 14.0. The van der Waals surface area contributed by atoms with E-state index in [1.807, 2.05) is 24.3 Å². The number of hydrogen-bond acceptors (Lipinski definition) is 6. The fourth-order valence-corrected chi connectivity index (χ4v) is 2.61. The quantitative estimate of drug-likeness (QED) is 0.786. The summed E-state index contributed by atoms with van der Waals surface area (Å²) in [4.78, 5) is 17.9. The van der Waals surface area contributed by atoms with Crippen molar-refractivity contribution in [3.05, 3.63) is 30.2 Å². The number of amides is 1. The first-order valence-corrected chi connectivity index (χ1v) is 8.27. The van der Waals surface area contributed by atoms with E-state index in [1.54, 1.807) is 11.8 Å². The molecule has 1 amide bonds. The summed E-state index contributed by atoms with van der Waals surface area (Å²) in [7, 11) is 0. The Bertz CT molecular complexity index is 683. The molecule has 1 atom stereocenters. The molecule has 1 aliphatic rings. The highest BCUT2D eigenvalue weighted by molar-refractivity contribution is 5.90. The summed E-state index contributed by atoms with van der Waals surface area (Å²) in [6.45, 7) is 6.09. The summed E-state index contributed by atoms with van der Waals surface area (Å²) in [6, 6.07) is 7.49. The van der Waals surface area contributed by atoms with Crippen molar-refractivity contribution < 1.29 is 14.1 Å². The van der Waals surface area contributed by atoms with Crippen molar-refractivity contribution in [2.45, 2.75) is 32.8 Å². The van der Waals surface area contributed by atoms with Gasteiger partial charge in [0.1, 0.15) is 6.10 Å². The highest BCUT2D eigenvalue weighted by Crippen LogP contribution is 2.24. The van der Waals surface area contributed by atoms with Gasteiger partial charge in [0.25, 0.3) is 0 Å². The van der Waals surface area contributed by atoms with E-state index in [9.17, 15) is 4.79 Å². The Morgan fingerprint density at radius 3 is 2.79 bits per heavy atom. The molecule has 7 nitrogen and oxygen atoms in total. The second-order valence-electron chi connectivity index (χ2n) is 5.86. The van der Waals surface area contributed by atoms with E-state index >= 15 is 0 Å². The number of benzene rings is 1. The van der Waals surface area contributed by atoms with Crippen LogP contribution in [0.3, 0.4) is 0 Å². The fraction of sp³-hybridized carbons (Fsp3) is 0.471. The number of anilines is 1. The number of carbonyl (C=O) groups excluding carboxylic acids is 1. The van der Waals surface area contributed by atoms with Gasteiger partial charge in [0, 0.05) is 24.7 Å². The summed E-state index contributed by atoms with van der Waals surface area (Å²) in [5, 5.41) is 7.21. The van der Waals surface area contributed by atoms with Gasteiger partial charge in [0.15, 0.2) is 0 Å². The monoisotopic (exact) mass is 330 g/mol. The Hall–Kier alpha value is -2.41. The van der Waals surface area contributed by atoms with E-state index in [2.05, 4.69) is 22.4 Å². The molecule has 3 rings (SSSR count). The number of ether oxygens (including phenoxy) is 1. The second kappa shape index (κ2) is 7.44. The molecule has 0 spiro atoms. The third kappa shape index (κ3) is 3.73. The van der Waals surface area contributed by atoms with Crippen LogP contribution in [-0.2, 0) is 4.74 Å². The SMILES string of the molecule is CCCCNCC1CN(c2ccc(-c3noc(C)n3)cc2)C(=O)O1. The van der Waals surface area contributed by atoms with Crippen LogP contribution in [0, 0.1) is 6.92 Å². The van der Waals surface area contributed by atoms with Crippen LogP contribution in [0.15, 0.2) is 28.8 Å². The Morgan fingerprint density at radius 1 is 1.33 bits per heavy atom. The molecule has 0 radical (unpaired) electrons. The lowest BCUT2D eigenvalue weighted by Gasteiger charge is -2.13. The maximum absolute atomic E-state index is 12.1. The Morgan fingerprint density at radius 2 is 2.12 bits per heavy atom. The molecule has 24 heavy (non-hydrogen) atoms. The summed E-state index contributed by atoms with van der Waals surface area (Å²) in [6.07, 6.45) is 1.85. The zero-order valence-electron chi connectivity index (χ0n) is 14.0. The normalized spacial score (nSPS) is 17.3. The standard InChI is InChI=1S/C17H22N4O3/c1-3-4-9-18-10-15-11-21(17(22)23-15)14-7-5-13(6-8-14)16-19-12(2)24-20-16/h5-8,15,18H,3-4,9-11H2,1-2H3. The number of nitrogens with zero attached hydrogens (tertiary/aromatic N) is 3. The minimum absolute atomic E-state index is 0.117. The highest BCUT2D eigenvalue weighted by Gasteiger charge is 2.31. The molecule has 1 unspecified atom stereocenters. The molecule has 7 heteroatoms. The number of carbonyl (C=O) groups is 1. The van der Waals surface area contributed by atoms with Gasteiger partial charge in [0.2, 0.25) is 11.7 Å². The molecule has 1 fully saturated rings. The first-order chi connectivity index (χ1) is 11.7. The van der Waals surface area contributed by atoms with Crippen molar-refractivity contribution in [3.8, 4) is 11.4 Å². The molecule has 128 valence electrons. The summed E-state index contributed by atoms with van der Waals surface area (Å²) < 4.78 is 10.4. The molecular weight excluding hydrogens is 308 g/mol. The van der Waals surface area contributed by atoms with Gasteiger partial charge in [-0.05, 0) is 37.2 Å². The van der Waals surface area contributed by atoms with E-state index in [0.717, 1.165) is 30.6 Å². The van der Waals surface area contributed by atoms with Crippen molar-refractivity contribution in [1.29, 1.82) is 0 Å². The molecule has 2 heterocycles. The van der Waals surface area contributed by atoms with E-state index in [4.69, 9.17) is 9.26 Å². The third-order valence-electron chi connectivity index (χ3n) is 3.92. The van der Waals surface area contributed by atoms with Gasteiger partial charge in [-0.15, -0.1) is 0 Å². The molecule has 0 aliphatic carbocycles. The molecule has 1 aromatic heterocycles. The topological polar surface area (TPSA) is 80.5 Å². The van der Waals surface area contributed by atoms with E-state index in [0.29, 0.717) is 24.8 Å². The highest BCUT2D eigenvalue weighted by atomic mass is 16.6. The Balaban J connectivity index is 1.61. The van der Waals surface area contributed by atoms with E-state index in [1.165, 1.54) is 0 Å². The Labute approximate surface area is 141 Å². The minimum atomic E-state index is -0.305. The minimum Gasteiger partial charge on any atom is -0.443 e. The van der Waals surface area contributed by atoms with Crippen molar-refractivity contribution in [2.75, 3.05) is 24.5 Å². The van der Waals surface area contributed by atoms with Gasteiger partial charge in [-0.25, -0.2) is 4.79 Å². The first kappa shape index (κ1) is 16.4. The predicted octanol–water partition coefficient (Wildman–Crippen LogP) is 2.76. The van der Waals surface area contributed by atoms with Crippen LogP contribution < -0.4 is 10.2 Å². The number of aromatic nitrogens is 2. The zero-order chi connectivity index (χ0) is 16.9. The number of cyclic esters (lactones) is 1. The predicted molar refractivity (Wildman–Crippen MR) is 89.9 cm³/mol. The van der Waals surface area contributed by atoms with E-state index in [-0.39, 0.29) is 12.2 Å². The average molecular weight is 330 g/mol. The summed E-state index contributed by atoms with van der Waals surface area (Å²) in [5.41, 5.74) is 1.65. The van der Waals surface area contributed by atoms with Gasteiger partial charge >= 0.3 is 6.09 Å². The molecule has 1 saturated heterocycles. The third-order valence-corrected chi connectivity index (χ3v) is 3.92. The fourth-order valence-electron chi connectivity index (χ4n) is 2.61. The van der Waals surface area contributed by atoms with Gasteiger partial charge in [-0.1, -0.05) is 18.5 Å². The maximum atomic E-state index is 12.1. The Kier molecular flexibility index (Phi) is 5.10. The van der Waals surface area contributed by atoms with Crippen LogP contribution in [0.1, 0.15) is 25.7 Å². The number of unbranched alkanes of at least 4 members (excludes halogenated alkanes) is 1. The molecule has 1 aromatic carbocycles. The van der Waals surface area contributed by atoms with E-state index < -0.39 is 0 Å². The molecule has 1 N–H and O–H groups in total. The maximum Gasteiger partial charge on any atom is 0.414 e. The lowest BCUT2D eigenvalue weighted by atomic mass is 10.2. The number of nitrogens with one attached hydrogen (secondary N) is 1. The summed E-state index contributed by atoms with van der Waals surface area (Å²) >= 11 is 0. The van der Waals surface area contributed by atoms with Crippen molar-refractivity contribution in [3.63, 3.8) is 0 Å². The van der Waals surface area contributed by atoms with Crippen LogP contribution in [0.5, 0.6) is 0 Å². The van der Waals surface area contributed by atoms with Crippen molar-refractivity contribution in [2.24, 2.45) is 0 Å². The van der Waals surface area contributed by atoms with Gasteiger partial charge < -0.3 is 14.6 Å². The van der Waals surface area contributed by atoms with Gasteiger partial charge in [-0.2, -0.15) is 4.98 Å². The van der Waals surface area contributed by atoms with Crippen molar-refractivity contribution >= 4 is 11.8 Å². The summed E-state index contributed by atoms with van der Waals surface area (Å²) in [5.74, 6) is 1.07. The molecule has 2 aromatic rings. The second-order valence-corrected chi connectivity index (χ2v) is 5.86. The number of rotatable bonds is 7. The molecule has 0 saturated carbocycles. The largest absolute Gasteiger partial charge is 0.443 e. The van der Waals surface area contributed by atoms with Crippen molar-refractivity contribution in [1.82, 2.24) is 15.5 Å². The smallest absolute Gasteiger partial charge is 0.414 e. The number of hydrogen-bond donors (Lipinski definition) is 1. The molecule has 1 aliphatic heterocycles. The average Bonchev–Trinajstić information content (AvgIpc) is 3.18. The molecular formula is C17H22N4O3. The van der Waals surface area contributed by atoms with Crippen LogP contribution in [-0.4, -0.2) is 42.0 Å². The van der Waals surface area contributed by atoms with Gasteiger partial charge in [0.05, 0.1) is 6.54 Å². The number of aryl methyl sites for hydroxylation is 1. The van der Waals surface area contributed by atoms with Crippen LogP contribution in [0.2, 0.25) is 0 Å². The first-order valence-electron chi connectivity index (χ1n) is 8.27. The van der Waals surface area contributed by atoms with Gasteiger partial charge in [-0.3, -0.25) is 4.90 Å². The van der Waals surface area contributed by atoms with Crippen LogP contribution in [0.4, 0.5) is 10.5 Å². The lowest BCUT2D eigenvalue weighted by molar-refractivity contribution is 0.140. The van der Waals surface area contributed by atoms with Crippen LogP contribution >= 0.6 is 0 Å². The lowest BCUT2D eigenvalue weighted by Crippen LogP contribution is -2.31.